The lowest BCUT2D eigenvalue weighted by atomic mass is 10.3. The Labute approximate surface area is 109 Å². The lowest BCUT2D eigenvalue weighted by molar-refractivity contribution is 0.580. The maximum Gasteiger partial charge on any atom is 0.240 e. The molecular weight excluding hydrogens is 276 g/mol. The number of nitrogens with zero attached hydrogens (tertiary/aromatic N) is 1. The summed E-state index contributed by atoms with van der Waals surface area (Å²) in [5.41, 5.74) is 6.46. The molecule has 2 rings (SSSR count). The standard InChI is InChI=1S/C10H11ClN4O2S/c11-9-2-1-8(5-10(9)12)18(16,17)14-6-7-3-4-13-15-7/h1-5,14H,6,12H2,(H,13,15). The number of hydrogen-bond acceptors (Lipinski definition) is 4. The number of nitrogens with one attached hydrogen (secondary N) is 2. The van der Waals surface area contributed by atoms with Crippen LogP contribution in [0.15, 0.2) is 35.4 Å². The summed E-state index contributed by atoms with van der Waals surface area (Å²) >= 11 is 5.74. The van der Waals surface area contributed by atoms with Crippen molar-refractivity contribution in [1.82, 2.24) is 14.9 Å². The predicted molar refractivity (Wildman–Crippen MR) is 68.5 cm³/mol. The molecule has 0 saturated carbocycles. The fraction of sp³-hybridized carbons (Fsp3) is 0.100. The van der Waals surface area contributed by atoms with Gasteiger partial charge in [0.25, 0.3) is 0 Å². The first-order valence-corrected chi connectivity index (χ1v) is 6.88. The maximum absolute atomic E-state index is 11.9. The molecule has 0 saturated heterocycles. The predicted octanol–water partition coefficient (Wildman–Crippen LogP) is 1.12. The number of sulfonamides is 1. The molecule has 0 unspecified atom stereocenters. The molecule has 0 aliphatic heterocycles. The zero-order valence-electron chi connectivity index (χ0n) is 9.22. The highest BCUT2D eigenvalue weighted by Gasteiger charge is 2.15. The number of aromatic amines is 1. The molecule has 2 aromatic rings. The van der Waals surface area contributed by atoms with Crippen molar-refractivity contribution in [2.45, 2.75) is 11.4 Å². The van der Waals surface area contributed by atoms with Gasteiger partial charge in [-0.05, 0) is 24.3 Å². The first kappa shape index (κ1) is 12.9. The molecule has 18 heavy (non-hydrogen) atoms. The lowest BCUT2D eigenvalue weighted by Crippen LogP contribution is -2.23. The van der Waals surface area contributed by atoms with E-state index < -0.39 is 10.0 Å². The number of benzene rings is 1. The van der Waals surface area contributed by atoms with Gasteiger partial charge in [0.2, 0.25) is 10.0 Å². The molecule has 1 aromatic heterocycles. The zero-order chi connectivity index (χ0) is 13.2. The Kier molecular flexibility index (Phi) is 3.55. The second-order valence-corrected chi connectivity index (χ2v) is 5.76. The number of anilines is 1. The third kappa shape index (κ3) is 2.81. The van der Waals surface area contributed by atoms with Crippen molar-refractivity contribution in [2.75, 3.05) is 5.73 Å². The fourth-order valence-electron chi connectivity index (χ4n) is 1.33. The van der Waals surface area contributed by atoms with Crippen LogP contribution in [0.1, 0.15) is 5.69 Å². The van der Waals surface area contributed by atoms with Gasteiger partial charge in [0.15, 0.2) is 0 Å². The smallest absolute Gasteiger partial charge is 0.240 e. The van der Waals surface area contributed by atoms with Gasteiger partial charge in [-0.2, -0.15) is 5.10 Å². The highest BCUT2D eigenvalue weighted by molar-refractivity contribution is 7.89. The second kappa shape index (κ2) is 4.97. The molecule has 1 aromatic carbocycles. The quantitative estimate of drug-likeness (QED) is 0.733. The Balaban J connectivity index is 2.17. The molecule has 0 aliphatic carbocycles. The van der Waals surface area contributed by atoms with Gasteiger partial charge in [-0.1, -0.05) is 11.6 Å². The van der Waals surface area contributed by atoms with E-state index >= 15 is 0 Å². The third-order valence-electron chi connectivity index (χ3n) is 2.29. The van der Waals surface area contributed by atoms with E-state index in [2.05, 4.69) is 14.9 Å². The van der Waals surface area contributed by atoms with Gasteiger partial charge in [-0.3, -0.25) is 5.10 Å². The monoisotopic (exact) mass is 286 g/mol. The highest BCUT2D eigenvalue weighted by Crippen LogP contribution is 2.22. The first-order chi connectivity index (χ1) is 8.49. The van der Waals surface area contributed by atoms with Crippen LogP contribution in [0.2, 0.25) is 5.02 Å². The fourth-order valence-corrected chi connectivity index (χ4v) is 2.49. The summed E-state index contributed by atoms with van der Waals surface area (Å²) in [7, 11) is -3.61. The maximum atomic E-state index is 11.9. The third-order valence-corrected chi connectivity index (χ3v) is 4.03. The minimum atomic E-state index is -3.61. The molecule has 0 fully saturated rings. The Morgan fingerprint density at radius 2 is 2.17 bits per heavy atom. The van der Waals surface area contributed by atoms with Crippen molar-refractivity contribution >= 4 is 27.3 Å². The summed E-state index contributed by atoms with van der Waals surface area (Å²) in [6.45, 7) is 0.130. The van der Waals surface area contributed by atoms with Crippen molar-refractivity contribution in [3.63, 3.8) is 0 Å². The van der Waals surface area contributed by atoms with Crippen LogP contribution in [0.25, 0.3) is 0 Å². The number of aromatic nitrogens is 2. The number of rotatable bonds is 4. The second-order valence-electron chi connectivity index (χ2n) is 3.59. The minimum Gasteiger partial charge on any atom is -0.397 e. The minimum absolute atomic E-state index is 0.0731. The van der Waals surface area contributed by atoms with Crippen LogP contribution in [0, 0.1) is 0 Å². The lowest BCUT2D eigenvalue weighted by Gasteiger charge is -2.07. The van der Waals surface area contributed by atoms with E-state index in [0.29, 0.717) is 10.7 Å². The molecule has 4 N–H and O–H groups in total. The van der Waals surface area contributed by atoms with Crippen LogP contribution >= 0.6 is 11.6 Å². The molecule has 0 radical (unpaired) electrons. The molecule has 0 spiro atoms. The van der Waals surface area contributed by atoms with Crippen LogP contribution in [0.4, 0.5) is 5.69 Å². The van der Waals surface area contributed by atoms with E-state index in [0.717, 1.165) is 0 Å². The Morgan fingerprint density at radius 3 is 2.78 bits per heavy atom. The molecule has 96 valence electrons. The van der Waals surface area contributed by atoms with Crippen molar-refractivity contribution in [1.29, 1.82) is 0 Å². The van der Waals surface area contributed by atoms with E-state index in [1.807, 2.05) is 0 Å². The van der Waals surface area contributed by atoms with Gasteiger partial charge in [0.1, 0.15) is 0 Å². The van der Waals surface area contributed by atoms with E-state index in [4.69, 9.17) is 17.3 Å². The molecule has 8 heteroatoms. The summed E-state index contributed by atoms with van der Waals surface area (Å²) in [5, 5.41) is 6.70. The van der Waals surface area contributed by atoms with Gasteiger partial charge in [0, 0.05) is 6.20 Å². The Hall–Kier alpha value is -1.57. The topological polar surface area (TPSA) is 101 Å². The number of nitrogen functional groups attached to an aromatic ring is 1. The van der Waals surface area contributed by atoms with Gasteiger partial charge in [-0.25, -0.2) is 13.1 Å². The SMILES string of the molecule is Nc1cc(S(=O)(=O)NCc2ccn[nH]2)ccc1Cl. The molecule has 0 bridgehead atoms. The van der Waals surface area contributed by atoms with Crippen LogP contribution in [0.5, 0.6) is 0 Å². The number of H-pyrrole nitrogens is 1. The zero-order valence-corrected chi connectivity index (χ0v) is 10.8. The van der Waals surface area contributed by atoms with Gasteiger partial charge in [-0.15, -0.1) is 0 Å². The van der Waals surface area contributed by atoms with E-state index in [-0.39, 0.29) is 17.1 Å². The molecule has 1 heterocycles. The molecule has 6 nitrogen and oxygen atoms in total. The molecule has 0 aliphatic rings. The van der Waals surface area contributed by atoms with E-state index in [9.17, 15) is 8.42 Å². The van der Waals surface area contributed by atoms with Crippen LogP contribution in [-0.4, -0.2) is 18.6 Å². The van der Waals surface area contributed by atoms with Crippen molar-refractivity contribution in [3.8, 4) is 0 Å². The highest BCUT2D eigenvalue weighted by atomic mass is 35.5. The summed E-state index contributed by atoms with van der Waals surface area (Å²) in [6, 6.07) is 5.84. The molecule has 0 amide bonds. The van der Waals surface area contributed by atoms with E-state index in [1.165, 1.54) is 18.2 Å². The Bertz CT molecular complexity index is 640. The average molecular weight is 287 g/mol. The van der Waals surface area contributed by atoms with Gasteiger partial charge < -0.3 is 5.73 Å². The van der Waals surface area contributed by atoms with E-state index in [1.54, 1.807) is 12.3 Å². The summed E-state index contributed by atoms with van der Waals surface area (Å²) < 4.78 is 26.3. The number of halogens is 1. The van der Waals surface area contributed by atoms with Crippen molar-refractivity contribution in [3.05, 3.63) is 41.2 Å². The van der Waals surface area contributed by atoms with Crippen LogP contribution in [0.3, 0.4) is 0 Å². The van der Waals surface area contributed by atoms with Gasteiger partial charge >= 0.3 is 0 Å². The van der Waals surface area contributed by atoms with Crippen LogP contribution in [-0.2, 0) is 16.6 Å². The van der Waals surface area contributed by atoms with Crippen molar-refractivity contribution < 1.29 is 8.42 Å². The van der Waals surface area contributed by atoms with Crippen LogP contribution < -0.4 is 10.5 Å². The number of nitrogens with two attached hydrogens (primary N) is 1. The summed E-state index contributed by atoms with van der Waals surface area (Å²) in [5.74, 6) is 0. The summed E-state index contributed by atoms with van der Waals surface area (Å²) in [6.07, 6.45) is 1.55. The summed E-state index contributed by atoms with van der Waals surface area (Å²) in [4.78, 5) is 0.0731. The number of hydrogen-bond donors (Lipinski definition) is 3. The normalized spacial score (nSPS) is 11.6. The first-order valence-electron chi connectivity index (χ1n) is 5.02. The largest absolute Gasteiger partial charge is 0.397 e. The van der Waals surface area contributed by atoms with Crippen molar-refractivity contribution in [2.24, 2.45) is 0 Å². The molecule has 0 atom stereocenters. The molecular formula is C10H11ClN4O2S. The Morgan fingerprint density at radius 1 is 1.39 bits per heavy atom. The van der Waals surface area contributed by atoms with Gasteiger partial charge in [0.05, 0.1) is 27.8 Å². The average Bonchev–Trinajstić information content (AvgIpc) is 2.83.